The maximum Gasteiger partial charge on any atom is 0.262 e. The number of carbonyl (C=O) groups excluding carboxylic acids is 1. The van der Waals surface area contributed by atoms with Crippen LogP contribution in [0.5, 0.6) is 0 Å². The van der Waals surface area contributed by atoms with Gasteiger partial charge >= 0.3 is 0 Å². The van der Waals surface area contributed by atoms with Crippen LogP contribution in [0, 0.1) is 5.82 Å². The molecule has 3 rings (SSSR count). The number of rotatable bonds is 5. The van der Waals surface area contributed by atoms with E-state index >= 15 is 0 Å². The smallest absolute Gasteiger partial charge is 0.262 e. The molecule has 1 amide bonds. The van der Waals surface area contributed by atoms with Crippen LogP contribution < -0.4 is 16.2 Å². The first-order valence-electron chi connectivity index (χ1n) is 8.00. The van der Waals surface area contributed by atoms with Gasteiger partial charge in [0.05, 0.1) is 0 Å². The van der Waals surface area contributed by atoms with Gasteiger partial charge in [0, 0.05) is 12.1 Å². The summed E-state index contributed by atoms with van der Waals surface area (Å²) in [6, 6.07) is 15.4. The molecule has 0 spiro atoms. The number of hydrogen-bond acceptors (Lipinski definition) is 5. The van der Waals surface area contributed by atoms with Gasteiger partial charge in [-0.1, -0.05) is 42.5 Å². The number of thiocarbonyl (C=S) groups is 1. The highest BCUT2D eigenvalue weighted by Crippen LogP contribution is 2.11. The van der Waals surface area contributed by atoms with E-state index in [-0.39, 0.29) is 17.5 Å². The van der Waals surface area contributed by atoms with Crippen LogP contribution in [0.2, 0.25) is 0 Å². The number of aromatic nitrogens is 4. The first-order valence-corrected chi connectivity index (χ1v) is 8.41. The van der Waals surface area contributed by atoms with E-state index in [0.29, 0.717) is 12.4 Å². The topological polar surface area (TPSA) is 96.8 Å². The SMILES string of the molecule is O=C(Cn1nnc(-c2ccccc2)n1)NNC(=S)NCc1ccc(F)cc1. The van der Waals surface area contributed by atoms with Gasteiger partial charge in [0.2, 0.25) is 5.82 Å². The number of nitrogens with one attached hydrogen (secondary N) is 3. The number of halogens is 1. The summed E-state index contributed by atoms with van der Waals surface area (Å²) in [7, 11) is 0. The molecular weight excluding hydrogens is 369 g/mol. The summed E-state index contributed by atoms with van der Waals surface area (Å²) in [5, 5.41) is 15.1. The summed E-state index contributed by atoms with van der Waals surface area (Å²) >= 11 is 5.07. The van der Waals surface area contributed by atoms with Crippen molar-refractivity contribution < 1.29 is 9.18 Å². The first kappa shape index (κ1) is 18.4. The van der Waals surface area contributed by atoms with Crippen LogP contribution in [0.15, 0.2) is 54.6 Å². The molecule has 138 valence electrons. The van der Waals surface area contributed by atoms with Gasteiger partial charge in [-0.15, -0.1) is 10.2 Å². The molecule has 0 aliphatic carbocycles. The molecule has 0 fully saturated rings. The molecule has 1 heterocycles. The van der Waals surface area contributed by atoms with Crippen molar-refractivity contribution in [3.05, 3.63) is 66.0 Å². The average molecular weight is 385 g/mol. The molecule has 1 aromatic heterocycles. The van der Waals surface area contributed by atoms with E-state index < -0.39 is 5.91 Å². The number of hydrogen-bond donors (Lipinski definition) is 3. The molecule has 3 aromatic rings. The Kier molecular flexibility index (Phi) is 6.00. The maximum absolute atomic E-state index is 12.8. The largest absolute Gasteiger partial charge is 0.357 e. The molecule has 0 saturated carbocycles. The maximum atomic E-state index is 12.8. The molecule has 0 radical (unpaired) electrons. The molecular formula is C17H16FN7OS. The summed E-state index contributed by atoms with van der Waals surface area (Å²) < 4.78 is 12.8. The van der Waals surface area contributed by atoms with Crippen LogP contribution in [0.4, 0.5) is 4.39 Å². The van der Waals surface area contributed by atoms with E-state index in [0.717, 1.165) is 11.1 Å². The Balaban J connectivity index is 1.42. The second-order valence-corrected chi connectivity index (χ2v) is 5.90. The predicted octanol–water partition coefficient (Wildman–Crippen LogP) is 1.17. The third kappa shape index (κ3) is 5.54. The van der Waals surface area contributed by atoms with Crippen LogP contribution in [0.25, 0.3) is 11.4 Å². The number of hydrazine groups is 1. The number of tetrazole rings is 1. The number of carbonyl (C=O) groups is 1. The van der Waals surface area contributed by atoms with Gasteiger partial charge in [-0.05, 0) is 35.1 Å². The van der Waals surface area contributed by atoms with Crippen LogP contribution in [0.3, 0.4) is 0 Å². The van der Waals surface area contributed by atoms with Gasteiger partial charge in [0.25, 0.3) is 5.91 Å². The molecule has 0 aliphatic rings. The first-order chi connectivity index (χ1) is 13.1. The molecule has 0 aliphatic heterocycles. The van der Waals surface area contributed by atoms with Crippen LogP contribution in [-0.4, -0.2) is 31.2 Å². The highest BCUT2D eigenvalue weighted by Gasteiger charge is 2.09. The fourth-order valence-electron chi connectivity index (χ4n) is 2.14. The van der Waals surface area contributed by atoms with Gasteiger partial charge in [-0.3, -0.25) is 15.6 Å². The summed E-state index contributed by atoms with van der Waals surface area (Å²) in [5.74, 6) is -0.255. The Labute approximate surface area is 159 Å². The number of benzene rings is 2. The second kappa shape index (κ2) is 8.81. The lowest BCUT2D eigenvalue weighted by Gasteiger charge is -2.11. The summed E-state index contributed by atoms with van der Waals surface area (Å²) in [4.78, 5) is 13.1. The highest BCUT2D eigenvalue weighted by atomic mass is 32.1. The predicted molar refractivity (Wildman–Crippen MR) is 100 cm³/mol. The van der Waals surface area contributed by atoms with E-state index in [4.69, 9.17) is 12.2 Å². The highest BCUT2D eigenvalue weighted by molar-refractivity contribution is 7.80. The van der Waals surface area contributed by atoms with Crippen LogP contribution in [-0.2, 0) is 17.9 Å². The quantitative estimate of drug-likeness (QED) is 0.448. The fourth-order valence-corrected chi connectivity index (χ4v) is 2.26. The summed E-state index contributed by atoms with van der Waals surface area (Å²) in [5.41, 5.74) is 6.69. The van der Waals surface area contributed by atoms with E-state index in [2.05, 4.69) is 31.6 Å². The van der Waals surface area contributed by atoms with Gasteiger partial charge in [-0.2, -0.15) is 4.80 Å². The van der Waals surface area contributed by atoms with Gasteiger partial charge in [0.15, 0.2) is 5.11 Å². The van der Waals surface area contributed by atoms with Crippen molar-refractivity contribution >= 4 is 23.2 Å². The van der Waals surface area contributed by atoms with Crippen molar-refractivity contribution in [2.45, 2.75) is 13.1 Å². The Bertz CT molecular complexity index is 915. The standard InChI is InChI=1S/C17H16FN7OS/c18-14-8-6-12(7-9-14)10-19-17(27)22-20-15(26)11-25-23-16(21-24-25)13-4-2-1-3-5-13/h1-9H,10-11H2,(H,20,26)(H2,19,22,27). The molecule has 3 N–H and O–H groups in total. The zero-order valence-electron chi connectivity index (χ0n) is 14.1. The van der Waals surface area contributed by atoms with Crippen molar-refractivity contribution in [1.29, 1.82) is 0 Å². The molecule has 2 aromatic carbocycles. The minimum atomic E-state index is -0.391. The molecule has 0 unspecified atom stereocenters. The normalized spacial score (nSPS) is 10.3. The molecule has 10 heteroatoms. The van der Waals surface area contributed by atoms with Crippen molar-refractivity contribution in [2.75, 3.05) is 0 Å². The summed E-state index contributed by atoms with van der Waals surface area (Å²) in [6.45, 7) is 0.278. The third-order valence-electron chi connectivity index (χ3n) is 3.45. The van der Waals surface area contributed by atoms with Crippen molar-refractivity contribution in [2.24, 2.45) is 0 Å². The average Bonchev–Trinajstić information content (AvgIpc) is 3.15. The van der Waals surface area contributed by atoms with E-state index in [1.807, 2.05) is 30.3 Å². The van der Waals surface area contributed by atoms with Gasteiger partial charge in [0.1, 0.15) is 12.4 Å². The Hall–Kier alpha value is -3.40. The van der Waals surface area contributed by atoms with Crippen molar-refractivity contribution in [3.8, 4) is 11.4 Å². The number of nitrogens with zero attached hydrogens (tertiary/aromatic N) is 4. The molecule has 27 heavy (non-hydrogen) atoms. The summed E-state index contributed by atoms with van der Waals surface area (Å²) in [6.07, 6.45) is 0. The Morgan fingerprint density at radius 1 is 1.07 bits per heavy atom. The minimum Gasteiger partial charge on any atom is -0.357 e. The van der Waals surface area contributed by atoms with Crippen LogP contribution >= 0.6 is 12.2 Å². The lowest BCUT2D eigenvalue weighted by molar-refractivity contribution is -0.122. The van der Waals surface area contributed by atoms with Crippen molar-refractivity contribution in [3.63, 3.8) is 0 Å². The van der Waals surface area contributed by atoms with Crippen molar-refractivity contribution in [1.82, 2.24) is 36.4 Å². The van der Waals surface area contributed by atoms with Gasteiger partial charge < -0.3 is 5.32 Å². The fraction of sp³-hybridized carbons (Fsp3) is 0.118. The molecule has 0 bridgehead atoms. The minimum absolute atomic E-state index is 0.118. The number of amides is 1. The zero-order valence-corrected chi connectivity index (χ0v) is 14.9. The molecule has 0 saturated heterocycles. The molecule has 8 nitrogen and oxygen atoms in total. The van der Waals surface area contributed by atoms with Gasteiger partial charge in [-0.25, -0.2) is 4.39 Å². The van der Waals surface area contributed by atoms with E-state index in [1.54, 1.807) is 12.1 Å². The zero-order chi connectivity index (χ0) is 19.1. The third-order valence-corrected chi connectivity index (χ3v) is 3.70. The second-order valence-electron chi connectivity index (χ2n) is 5.49. The lowest BCUT2D eigenvalue weighted by Crippen LogP contribution is -2.47. The van der Waals surface area contributed by atoms with Crippen LogP contribution in [0.1, 0.15) is 5.56 Å². The Morgan fingerprint density at radius 2 is 1.81 bits per heavy atom. The lowest BCUT2D eigenvalue weighted by atomic mass is 10.2. The monoisotopic (exact) mass is 385 g/mol. The molecule has 0 atom stereocenters. The van der Waals surface area contributed by atoms with E-state index in [1.165, 1.54) is 16.9 Å². The Morgan fingerprint density at radius 3 is 2.56 bits per heavy atom. The van der Waals surface area contributed by atoms with E-state index in [9.17, 15) is 9.18 Å².